The van der Waals surface area contributed by atoms with Gasteiger partial charge in [0.1, 0.15) is 21.6 Å². The van der Waals surface area contributed by atoms with Crippen LogP contribution in [0.25, 0.3) is 39.1 Å². The van der Waals surface area contributed by atoms with Crippen LogP contribution in [0.3, 0.4) is 0 Å². The molecule has 0 bridgehead atoms. The van der Waals surface area contributed by atoms with Gasteiger partial charge in [-0.2, -0.15) is 10.2 Å². The molecule has 146 valence electrons. The second kappa shape index (κ2) is 7.57. The van der Waals surface area contributed by atoms with Crippen LogP contribution in [0.1, 0.15) is 0 Å². The highest BCUT2D eigenvalue weighted by atomic mass is 32.1. The molecule has 2 heterocycles. The first kappa shape index (κ1) is 18.3. The first-order chi connectivity index (χ1) is 14.8. The Morgan fingerprint density at radius 1 is 0.867 bits per heavy atom. The van der Waals surface area contributed by atoms with Crippen LogP contribution in [-0.2, 0) is 0 Å². The lowest BCUT2D eigenvalue weighted by Gasteiger charge is -2.10. The largest absolute Gasteiger partial charge is 0.497 e. The molecular weight excluding hydrogens is 392 g/mol. The minimum atomic E-state index is 0.503. The summed E-state index contributed by atoms with van der Waals surface area (Å²) in [5, 5.41) is 13.4. The van der Waals surface area contributed by atoms with E-state index in [1.54, 1.807) is 7.11 Å². The smallest absolute Gasteiger partial charge is 0.148 e. The van der Waals surface area contributed by atoms with Gasteiger partial charge in [0.15, 0.2) is 0 Å². The molecule has 0 spiro atoms. The number of aromatic nitrogens is 4. The van der Waals surface area contributed by atoms with E-state index in [9.17, 15) is 0 Å². The fraction of sp³-hybridized carbons (Fsp3) is 0.0417. The summed E-state index contributed by atoms with van der Waals surface area (Å²) in [5.41, 5.74) is 5.37. The molecule has 0 radical (unpaired) electrons. The first-order valence-corrected chi connectivity index (χ1v) is 9.94. The summed E-state index contributed by atoms with van der Waals surface area (Å²) in [6.07, 6.45) is 0. The molecular formula is C24H18N4OS. The molecule has 6 heteroatoms. The predicted molar refractivity (Wildman–Crippen MR) is 121 cm³/mol. The minimum Gasteiger partial charge on any atom is -0.497 e. The van der Waals surface area contributed by atoms with E-state index in [2.05, 4.69) is 22.3 Å². The summed E-state index contributed by atoms with van der Waals surface area (Å²) in [6.45, 7) is 0. The Kier molecular flexibility index (Phi) is 4.61. The molecule has 0 saturated carbocycles. The highest BCUT2D eigenvalue weighted by Gasteiger charge is 2.21. The topological polar surface area (TPSA) is 55.7 Å². The summed E-state index contributed by atoms with van der Waals surface area (Å²) in [4.78, 5) is 0. The zero-order valence-electron chi connectivity index (χ0n) is 16.2. The van der Waals surface area contributed by atoms with Gasteiger partial charge in [0.25, 0.3) is 0 Å². The van der Waals surface area contributed by atoms with Gasteiger partial charge in [-0.3, -0.25) is 5.10 Å². The van der Waals surface area contributed by atoms with Crippen LogP contribution < -0.4 is 4.74 Å². The third kappa shape index (κ3) is 3.07. The SMILES string of the molecule is COc1cccc(-n2nc3c(=S)[nH]nc(-c4ccccc4)c3c2-c2ccccc2)c1. The van der Waals surface area contributed by atoms with Crippen LogP contribution in [0.4, 0.5) is 0 Å². The standard InChI is InChI=1S/C24H18N4OS/c1-29-19-14-8-13-18(15-19)28-23(17-11-6-3-7-12-17)20-21(16-9-4-2-5-10-16)25-26-24(30)22(20)27-28/h2-15H,1H3,(H,26,30). The van der Waals surface area contributed by atoms with Gasteiger partial charge >= 0.3 is 0 Å². The molecule has 3 aromatic carbocycles. The van der Waals surface area contributed by atoms with Crippen LogP contribution in [-0.4, -0.2) is 27.1 Å². The van der Waals surface area contributed by atoms with E-state index >= 15 is 0 Å². The Bertz CT molecular complexity index is 1390. The number of hydrogen-bond donors (Lipinski definition) is 1. The van der Waals surface area contributed by atoms with Crippen LogP contribution in [0, 0.1) is 4.64 Å². The predicted octanol–water partition coefficient (Wildman–Crippen LogP) is 5.82. The number of H-pyrrole nitrogens is 1. The lowest BCUT2D eigenvalue weighted by Crippen LogP contribution is -1.99. The highest BCUT2D eigenvalue weighted by molar-refractivity contribution is 7.71. The Morgan fingerprint density at radius 3 is 2.27 bits per heavy atom. The molecule has 0 unspecified atom stereocenters. The third-order valence-electron chi connectivity index (χ3n) is 5.00. The van der Waals surface area contributed by atoms with Gasteiger partial charge in [-0.1, -0.05) is 78.9 Å². The van der Waals surface area contributed by atoms with Gasteiger partial charge in [-0.05, 0) is 12.1 Å². The number of fused-ring (bicyclic) bond motifs is 1. The number of ether oxygens (including phenoxy) is 1. The molecule has 0 fully saturated rings. The normalized spacial score (nSPS) is 11.0. The van der Waals surface area contributed by atoms with Gasteiger partial charge < -0.3 is 4.74 Å². The Morgan fingerprint density at radius 2 is 1.57 bits per heavy atom. The molecule has 5 nitrogen and oxygen atoms in total. The highest BCUT2D eigenvalue weighted by Crippen LogP contribution is 2.37. The molecule has 0 aliphatic rings. The fourth-order valence-electron chi connectivity index (χ4n) is 3.61. The van der Waals surface area contributed by atoms with Crippen molar-refractivity contribution in [1.29, 1.82) is 0 Å². The number of rotatable bonds is 4. The second-order valence-corrected chi connectivity index (χ2v) is 7.23. The third-order valence-corrected chi connectivity index (χ3v) is 5.28. The van der Waals surface area contributed by atoms with Crippen LogP contribution in [0.15, 0.2) is 84.9 Å². The van der Waals surface area contributed by atoms with Crippen molar-refractivity contribution < 1.29 is 4.74 Å². The van der Waals surface area contributed by atoms with Crippen molar-refractivity contribution in [3.8, 4) is 34.0 Å². The van der Waals surface area contributed by atoms with Gasteiger partial charge in [-0.15, -0.1) is 0 Å². The fourth-order valence-corrected chi connectivity index (χ4v) is 3.80. The molecule has 1 N–H and O–H groups in total. The number of nitrogens with one attached hydrogen (secondary N) is 1. The van der Waals surface area contributed by atoms with Crippen molar-refractivity contribution in [2.75, 3.05) is 7.11 Å². The number of aromatic amines is 1. The van der Waals surface area contributed by atoms with Gasteiger partial charge in [-0.25, -0.2) is 4.68 Å². The average Bonchev–Trinajstić information content (AvgIpc) is 3.22. The van der Waals surface area contributed by atoms with Crippen LogP contribution in [0.2, 0.25) is 0 Å². The maximum absolute atomic E-state index is 5.57. The lowest BCUT2D eigenvalue weighted by atomic mass is 10.0. The van der Waals surface area contributed by atoms with E-state index in [0.717, 1.165) is 39.3 Å². The van der Waals surface area contributed by atoms with Crippen LogP contribution in [0.5, 0.6) is 5.75 Å². The number of nitrogens with zero attached hydrogens (tertiary/aromatic N) is 3. The summed E-state index contributed by atoms with van der Waals surface area (Å²) in [7, 11) is 1.66. The molecule has 0 atom stereocenters. The van der Waals surface area contributed by atoms with Crippen molar-refractivity contribution in [2.45, 2.75) is 0 Å². The van der Waals surface area contributed by atoms with Crippen molar-refractivity contribution in [2.24, 2.45) is 0 Å². The van der Waals surface area contributed by atoms with Crippen molar-refractivity contribution in [3.05, 3.63) is 89.6 Å². The first-order valence-electron chi connectivity index (χ1n) is 9.53. The molecule has 0 aliphatic carbocycles. The molecule has 0 aliphatic heterocycles. The van der Waals surface area contributed by atoms with Crippen molar-refractivity contribution >= 4 is 23.1 Å². The Balaban J connectivity index is 1.92. The summed E-state index contributed by atoms with van der Waals surface area (Å²) in [6, 6.07) is 28.1. The second-order valence-electron chi connectivity index (χ2n) is 6.82. The van der Waals surface area contributed by atoms with Crippen molar-refractivity contribution in [1.82, 2.24) is 20.0 Å². The van der Waals surface area contributed by atoms with Crippen LogP contribution >= 0.6 is 12.2 Å². The summed E-state index contributed by atoms with van der Waals surface area (Å²) >= 11 is 5.57. The number of benzene rings is 3. The van der Waals surface area contributed by atoms with Crippen molar-refractivity contribution in [3.63, 3.8) is 0 Å². The van der Waals surface area contributed by atoms with Gasteiger partial charge in [0.05, 0.1) is 23.9 Å². The lowest BCUT2D eigenvalue weighted by molar-refractivity contribution is 0.414. The average molecular weight is 411 g/mol. The molecule has 5 aromatic rings. The molecule has 2 aromatic heterocycles. The molecule has 0 amide bonds. The minimum absolute atomic E-state index is 0.503. The zero-order chi connectivity index (χ0) is 20.5. The van der Waals surface area contributed by atoms with Gasteiger partial charge in [0.2, 0.25) is 0 Å². The maximum atomic E-state index is 5.57. The Labute approximate surface area is 178 Å². The summed E-state index contributed by atoms with van der Waals surface area (Å²) in [5.74, 6) is 0.762. The molecule has 30 heavy (non-hydrogen) atoms. The number of methoxy groups -OCH3 is 1. The number of hydrogen-bond acceptors (Lipinski definition) is 4. The van der Waals surface area contributed by atoms with E-state index in [1.165, 1.54) is 0 Å². The monoisotopic (exact) mass is 410 g/mol. The zero-order valence-corrected chi connectivity index (χ0v) is 17.1. The van der Waals surface area contributed by atoms with E-state index < -0.39 is 0 Å². The molecule has 5 rings (SSSR count). The maximum Gasteiger partial charge on any atom is 0.148 e. The van der Waals surface area contributed by atoms with E-state index in [0.29, 0.717) is 10.2 Å². The van der Waals surface area contributed by atoms with E-state index in [1.807, 2.05) is 77.5 Å². The summed E-state index contributed by atoms with van der Waals surface area (Å²) < 4.78 is 7.85. The van der Waals surface area contributed by atoms with Gasteiger partial charge in [0, 0.05) is 17.2 Å². The van der Waals surface area contributed by atoms with E-state index in [4.69, 9.17) is 22.1 Å². The van der Waals surface area contributed by atoms with E-state index in [-0.39, 0.29) is 0 Å². The quantitative estimate of drug-likeness (QED) is 0.379. The molecule has 0 saturated heterocycles. The Hall–Kier alpha value is -3.77.